The summed E-state index contributed by atoms with van der Waals surface area (Å²) in [5.74, 6) is 0.939. The Balaban J connectivity index is 1.61. The molecule has 4 atom stereocenters. The van der Waals surface area contributed by atoms with Crippen LogP contribution in [0.1, 0.15) is 48.0 Å². The van der Waals surface area contributed by atoms with E-state index in [9.17, 15) is 9.90 Å². The molecule has 0 heterocycles. The van der Waals surface area contributed by atoms with Gasteiger partial charge in [-0.05, 0) is 67.1 Å². The smallest absolute Gasteiger partial charge is 0.337 e. The number of carbonyl (C=O) groups is 1. The number of aliphatic hydroxyl groups is 1. The van der Waals surface area contributed by atoms with Gasteiger partial charge >= 0.3 is 5.97 Å². The van der Waals surface area contributed by atoms with Gasteiger partial charge in [0.25, 0.3) is 0 Å². The van der Waals surface area contributed by atoms with Gasteiger partial charge in [0.15, 0.2) is 0 Å². The average molecular weight is 272 g/mol. The van der Waals surface area contributed by atoms with Gasteiger partial charge in [0.05, 0.1) is 18.3 Å². The lowest BCUT2D eigenvalue weighted by Gasteiger charge is -2.58. The Bertz CT molecular complexity index is 564. The third-order valence-corrected chi connectivity index (χ3v) is 6.06. The molecule has 0 radical (unpaired) electrons. The van der Waals surface area contributed by atoms with Crippen LogP contribution in [0, 0.1) is 17.3 Å². The minimum atomic E-state index is -0.663. The number of carbonyl (C=O) groups excluding carboxylic acids is 1. The van der Waals surface area contributed by atoms with Gasteiger partial charge < -0.3 is 9.84 Å². The molecule has 20 heavy (non-hydrogen) atoms. The molecular formula is C17H20O3. The van der Waals surface area contributed by atoms with E-state index >= 15 is 0 Å². The minimum Gasteiger partial charge on any atom is -0.465 e. The molecule has 1 aromatic carbocycles. The highest BCUT2D eigenvalue weighted by atomic mass is 16.5. The van der Waals surface area contributed by atoms with Crippen LogP contribution in [0.5, 0.6) is 0 Å². The van der Waals surface area contributed by atoms with E-state index in [0.29, 0.717) is 16.9 Å². The first kappa shape index (κ1) is 12.4. The molecule has 4 rings (SSSR count). The van der Waals surface area contributed by atoms with Crippen LogP contribution in [-0.2, 0) is 10.3 Å². The standard InChI is InChI=1S/C17H20O3/c1-20-15(18)12-2-4-13(5-3-12)17(19)10-16-7-6-11(9-16)8-14(16)17/h2-5,11,14,19H,6-10H2,1H3/t11?,14?,16?,17-/m1/s1. The number of methoxy groups -OCH3 is 1. The summed E-state index contributed by atoms with van der Waals surface area (Å²) in [5.41, 5.74) is 1.28. The summed E-state index contributed by atoms with van der Waals surface area (Å²) in [4.78, 5) is 11.5. The van der Waals surface area contributed by atoms with Gasteiger partial charge in [-0.15, -0.1) is 0 Å². The maximum atomic E-state index is 11.5. The highest BCUT2D eigenvalue weighted by Crippen LogP contribution is 2.73. The van der Waals surface area contributed by atoms with E-state index in [0.717, 1.165) is 17.9 Å². The summed E-state index contributed by atoms with van der Waals surface area (Å²) >= 11 is 0. The predicted octanol–water partition coefficient (Wildman–Crippen LogP) is 2.87. The molecule has 3 saturated carbocycles. The van der Waals surface area contributed by atoms with Gasteiger partial charge in [-0.1, -0.05) is 12.1 Å². The summed E-state index contributed by atoms with van der Waals surface area (Å²) in [6.07, 6.45) is 6.05. The first-order valence-electron chi connectivity index (χ1n) is 7.49. The second kappa shape index (κ2) is 3.85. The second-order valence-corrected chi connectivity index (χ2v) is 6.93. The molecule has 0 saturated heterocycles. The molecule has 1 N–H and O–H groups in total. The Morgan fingerprint density at radius 3 is 2.70 bits per heavy atom. The molecule has 3 fully saturated rings. The Morgan fingerprint density at radius 1 is 1.35 bits per heavy atom. The van der Waals surface area contributed by atoms with Gasteiger partial charge in [-0.2, -0.15) is 0 Å². The van der Waals surface area contributed by atoms with Crippen molar-refractivity contribution in [3.05, 3.63) is 35.4 Å². The molecule has 2 bridgehead atoms. The van der Waals surface area contributed by atoms with Crippen molar-refractivity contribution < 1.29 is 14.6 Å². The second-order valence-electron chi connectivity index (χ2n) is 6.93. The molecular weight excluding hydrogens is 252 g/mol. The van der Waals surface area contributed by atoms with Gasteiger partial charge in [-0.25, -0.2) is 4.79 Å². The molecule has 3 unspecified atom stereocenters. The van der Waals surface area contributed by atoms with Crippen molar-refractivity contribution in [2.45, 2.75) is 37.7 Å². The lowest BCUT2D eigenvalue weighted by Crippen LogP contribution is -2.56. The van der Waals surface area contributed by atoms with Crippen LogP contribution in [0.4, 0.5) is 0 Å². The number of ether oxygens (including phenoxy) is 1. The molecule has 0 aliphatic heterocycles. The maximum Gasteiger partial charge on any atom is 0.337 e. The molecule has 0 aromatic heterocycles. The van der Waals surface area contributed by atoms with Crippen LogP contribution in [0.25, 0.3) is 0 Å². The first-order chi connectivity index (χ1) is 9.57. The van der Waals surface area contributed by atoms with Crippen LogP contribution in [-0.4, -0.2) is 18.2 Å². The molecule has 3 heteroatoms. The quantitative estimate of drug-likeness (QED) is 0.842. The fourth-order valence-corrected chi connectivity index (χ4v) is 5.20. The van der Waals surface area contributed by atoms with Crippen LogP contribution in [0.15, 0.2) is 24.3 Å². The van der Waals surface area contributed by atoms with Crippen molar-refractivity contribution >= 4 is 5.97 Å². The SMILES string of the molecule is COC(=O)c1ccc([C@]2(O)CC34CCC(CC32)C4)cc1. The number of hydrogen-bond donors (Lipinski definition) is 1. The zero-order chi connectivity index (χ0) is 14.0. The van der Waals surface area contributed by atoms with Gasteiger partial charge in [0.2, 0.25) is 0 Å². The van der Waals surface area contributed by atoms with Gasteiger partial charge in [0, 0.05) is 0 Å². The lowest BCUT2D eigenvalue weighted by molar-refractivity contribution is -0.191. The Labute approximate surface area is 118 Å². The highest BCUT2D eigenvalue weighted by molar-refractivity contribution is 5.89. The van der Waals surface area contributed by atoms with Crippen LogP contribution in [0.2, 0.25) is 0 Å². The molecule has 1 aromatic rings. The Morgan fingerprint density at radius 2 is 2.10 bits per heavy atom. The van der Waals surface area contributed by atoms with Gasteiger partial charge in [-0.3, -0.25) is 0 Å². The molecule has 3 aliphatic rings. The summed E-state index contributed by atoms with van der Waals surface area (Å²) in [6.45, 7) is 0. The van der Waals surface area contributed by atoms with Crippen molar-refractivity contribution in [2.24, 2.45) is 17.3 Å². The Hall–Kier alpha value is -1.35. The maximum absolute atomic E-state index is 11.5. The molecule has 0 amide bonds. The first-order valence-corrected chi connectivity index (χ1v) is 7.49. The summed E-state index contributed by atoms with van der Waals surface area (Å²) in [7, 11) is 1.38. The number of esters is 1. The summed E-state index contributed by atoms with van der Waals surface area (Å²) in [5, 5.41) is 11.0. The van der Waals surface area contributed by atoms with Crippen molar-refractivity contribution in [1.29, 1.82) is 0 Å². The van der Waals surface area contributed by atoms with E-state index in [-0.39, 0.29) is 5.97 Å². The zero-order valence-electron chi connectivity index (χ0n) is 11.8. The summed E-state index contributed by atoms with van der Waals surface area (Å²) in [6, 6.07) is 7.31. The topological polar surface area (TPSA) is 46.5 Å². The number of hydrogen-bond acceptors (Lipinski definition) is 3. The van der Waals surface area contributed by atoms with Crippen LogP contribution in [0.3, 0.4) is 0 Å². The van der Waals surface area contributed by atoms with Crippen molar-refractivity contribution in [3.63, 3.8) is 0 Å². The number of benzene rings is 1. The van der Waals surface area contributed by atoms with E-state index in [1.807, 2.05) is 12.1 Å². The molecule has 106 valence electrons. The molecule has 3 aliphatic carbocycles. The minimum absolute atomic E-state index is 0.325. The van der Waals surface area contributed by atoms with E-state index in [4.69, 9.17) is 4.74 Å². The predicted molar refractivity (Wildman–Crippen MR) is 74.2 cm³/mol. The summed E-state index contributed by atoms with van der Waals surface area (Å²) < 4.78 is 4.71. The fourth-order valence-electron chi connectivity index (χ4n) is 5.20. The van der Waals surface area contributed by atoms with E-state index in [1.165, 1.54) is 32.8 Å². The van der Waals surface area contributed by atoms with Crippen molar-refractivity contribution in [2.75, 3.05) is 7.11 Å². The van der Waals surface area contributed by atoms with Crippen molar-refractivity contribution in [3.8, 4) is 0 Å². The van der Waals surface area contributed by atoms with E-state index < -0.39 is 5.60 Å². The largest absolute Gasteiger partial charge is 0.465 e. The average Bonchev–Trinajstić information content (AvgIpc) is 3.01. The molecule has 3 nitrogen and oxygen atoms in total. The molecule has 1 spiro atoms. The number of rotatable bonds is 2. The van der Waals surface area contributed by atoms with E-state index in [2.05, 4.69) is 0 Å². The van der Waals surface area contributed by atoms with Crippen LogP contribution >= 0.6 is 0 Å². The monoisotopic (exact) mass is 272 g/mol. The highest BCUT2D eigenvalue weighted by Gasteiger charge is 2.68. The zero-order valence-corrected chi connectivity index (χ0v) is 11.8. The van der Waals surface area contributed by atoms with Crippen LogP contribution < -0.4 is 0 Å². The fraction of sp³-hybridized carbons (Fsp3) is 0.588. The lowest BCUT2D eigenvalue weighted by atomic mass is 9.49. The van der Waals surface area contributed by atoms with E-state index in [1.54, 1.807) is 12.1 Å². The number of fused-ring (bicyclic) bond motifs is 1. The Kier molecular flexibility index (Phi) is 2.39. The third-order valence-electron chi connectivity index (χ3n) is 6.06. The normalized spacial score (nSPS) is 41.1. The van der Waals surface area contributed by atoms with Crippen molar-refractivity contribution in [1.82, 2.24) is 0 Å². The van der Waals surface area contributed by atoms with Gasteiger partial charge in [0.1, 0.15) is 0 Å². The third kappa shape index (κ3) is 1.42.